The molecule has 2 aromatic carbocycles. The van der Waals surface area contributed by atoms with Crippen LogP contribution in [-0.4, -0.2) is 30.2 Å². The van der Waals surface area contributed by atoms with Crippen molar-refractivity contribution in [3.05, 3.63) is 53.8 Å². The number of Topliss-reactive ketones (excluding diaryl/α,β-unsaturated/α-hetero) is 1. The molecule has 0 aromatic heterocycles. The van der Waals surface area contributed by atoms with E-state index in [0.29, 0.717) is 11.4 Å². The third kappa shape index (κ3) is 3.42. The van der Waals surface area contributed by atoms with Gasteiger partial charge in [0.2, 0.25) is 5.91 Å². The quantitative estimate of drug-likeness (QED) is 0.855. The Labute approximate surface area is 149 Å². The van der Waals surface area contributed by atoms with Gasteiger partial charge in [0.05, 0.1) is 16.9 Å². The number of halogens is 1. The predicted molar refractivity (Wildman–Crippen MR) is 93.9 cm³/mol. The van der Waals surface area contributed by atoms with Crippen LogP contribution in [0.4, 0.5) is 15.8 Å². The van der Waals surface area contributed by atoms with Gasteiger partial charge in [0.1, 0.15) is 18.1 Å². The molecule has 1 atom stereocenters. The Balaban J connectivity index is 1.85. The molecule has 0 aliphatic carbocycles. The molecule has 0 bridgehead atoms. The van der Waals surface area contributed by atoms with E-state index in [0.717, 1.165) is 12.1 Å². The Morgan fingerprint density at radius 3 is 2.69 bits per heavy atom. The molecule has 6 nitrogen and oxygen atoms in total. The summed E-state index contributed by atoms with van der Waals surface area (Å²) in [7, 11) is 0. The number of para-hydroxylation sites is 2. The molecule has 0 unspecified atom stereocenters. The van der Waals surface area contributed by atoms with Crippen LogP contribution in [0.2, 0.25) is 0 Å². The van der Waals surface area contributed by atoms with Crippen LogP contribution in [0.1, 0.15) is 24.2 Å². The number of anilines is 2. The van der Waals surface area contributed by atoms with Crippen LogP contribution in [0.25, 0.3) is 0 Å². The van der Waals surface area contributed by atoms with Gasteiger partial charge in [0, 0.05) is 0 Å². The van der Waals surface area contributed by atoms with Crippen LogP contribution in [0.5, 0.6) is 5.75 Å². The highest BCUT2D eigenvalue weighted by Gasteiger charge is 2.31. The number of ketones is 1. The van der Waals surface area contributed by atoms with E-state index >= 15 is 0 Å². The predicted octanol–water partition coefficient (Wildman–Crippen LogP) is 2.78. The van der Waals surface area contributed by atoms with Crippen molar-refractivity contribution in [1.29, 1.82) is 0 Å². The van der Waals surface area contributed by atoms with E-state index in [4.69, 9.17) is 4.74 Å². The maximum atomic E-state index is 13.4. The third-order valence-corrected chi connectivity index (χ3v) is 4.01. The van der Waals surface area contributed by atoms with Gasteiger partial charge in [-0.25, -0.2) is 4.39 Å². The van der Waals surface area contributed by atoms with Crippen molar-refractivity contribution in [1.82, 2.24) is 0 Å². The molecule has 1 N–H and O–H groups in total. The lowest BCUT2D eigenvalue weighted by Gasteiger charge is -2.31. The normalized spacial score (nSPS) is 14.3. The van der Waals surface area contributed by atoms with Crippen molar-refractivity contribution in [2.75, 3.05) is 16.8 Å². The number of nitrogens with zero attached hydrogens (tertiary/aromatic N) is 1. The fourth-order valence-electron chi connectivity index (χ4n) is 2.77. The summed E-state index contributed by atoms with van der Waals surface area (Å²) in [4.78, 5) is 37.7. The molecule has 2 amide bonds. The molecule has 0 spiro atoms. The number of carbonyl (C=O) groups is 3. The number of rotatable bonds is 4. The zero-order valence-corrected chi connectivity index (χ0v) is 14.3. The van der Waals surface area contributed by atoms with Gasteiger partial charge in [-0.15, -0.1) is 0 Å². The van der Waals surface area contributed by atoms with E-state index in [1.54, 1.807) is 24.3 Å². The molecule has 1 heterocycles. The summed E-state index contributed by atoms with van der Waals surface area (Å²) in [5.74, 6) is -1.57. The van der Waals surface area contributed by atoms with Crippen molar-refractivity contribution < 1.29 is 23.5 Å². The molecule has 0 fully saturated rings. The highest BCUT2D eigenvalue weighted by Crippen LogP contribution is 2.30. The summed E-state index contributed by atoms with van der Waals surface area (Å²) in [6.07, 6.45) is -0.975. The van der Waals surface area contributed by atoms with Crippen LogP contribution in [0, 0.1) is 5.82 Å². The number of hydrogen-bond donors (Lipinski definition) is 1. The standard InChI is InChI=1S/C19H17FN2O4/c1-11(23)14-9-13(20)7-8-17(14)26-12(2)19(25)22-10-18(24)21-15-5-3-4-6-16(15)22/h3-9,12H,10H2,1-2H3,(H,21,24)/t12-/m1/s1. The van der Waals surface area contributed by atoms with Gasteiger partial charge in [0.25, 0.3) is 5.91 Å². The molecule has 3 rings (SSSR count). The average molecular weight is 356 g/mol. The number of hydrogen-bond acceptors (Lipinski definition) is 4. The van der Waals surface area contributed by atoms with Crippen LogP contribution in [0.15, 0.2) is 42.5 Å². The fraction of sp³-hybridized carbons (Fsp3) is 0.211. The monoisotopic (exact) mass is 356 g/mol. The molecule has 2 aromatic rings. The largest absolute Gasteiger partial charge is 0.480 e. The smallest absolute Gasteiger partial charge is 0.268 e. The van der Waals surface area contributed by atoms with Crippen LogP contribution >= 0.6 is 0 Å². The van der Waals surface area contributed by atoms with Crippen LogP contribution < -0.4 is 15.0 Å². The minimum atomic E-state index is -0.975. The number of nitrogens with one attached hydrogen (secondary N) is 1. The Bertz CT molecular complexity index is 897. The first-order valence-corrected chi connectivity index (χ1v) is 8.04. The van der Waals surface area contributed by atoms with Gasteiger partial charge in [-0.05, 0) is 44.2 Å². The minimum Gasteiger partial charge on any atom is -0.480 e. The van der Waals surface area contributed by atoms with Gasteiger partial charge in [0.15, 0.2) is 11.9 Å². The molecule has 1 aliphatic rings. The molecule has 0 radical (unpaired) electrons. The van der Waals surface area contributed by atoms with E-state index < -0.39 is 17.8 Å². The third-order valence-electron chi connectivity index (χ3n) is 4.01. The van der Waals surface area contributed by atoms with E-state index in [1.807, 2.05) is 0 Å². The van der Waals surface area contributed by atoms with Gasteiger partial charge in [-0.2, -0.15) is 0 Å². The molecule has 7 heteroatoms. The van der Waals surface area contributed by atoms with E-state index in [1.165, 1.54) is 24.8 Å². The Morgan fingerprint density at radius 1 is 1.23 bits per heavy atom. The highest BCUT2D eigenvalue weighted by atomic mass is 19.1. The second-order valence-corrected chi connectivity index (χ2v) is 5.95. The first kappa shape index (κ1) is 17.6. The maximum Gasteiger partial charge on any atom is 0.268 e. The van der Waals surface area contributed by atoms with Gasteiger partial charge in [-0.1, -0.05) is 12.1 Å². The molecule has 1 aliphatic heterocycles. The summed E-state index contributed by atoms with van der Waals surface area (Å²) in [5, 5.41) is 2.70. The first-order chi connectivity index (χ1) is 12.4. The summed E-state index contributed by atoms with van der Waals surface area (Å²) < 4.78 is 19.0. The van der Waals surface area contributed by atoms with Gasteiger partial charge >= 0.3 is 0 Å². The Morgan fingerprint density at radius 2 is 1.96 bits per heavy atom. The van der Waals surface area contributed by atoms with Crippen molar-refractivity contribution in [3.63, 3.8) is 0 Å². The van der Waals surface area contributed by atoms with Crippen molar-refractivity contribution in [3.8, 4) is 5.75 Å². The lowest BCUT2D eigenvalue weighted by atomic mass is 10.1. The topological polar surface area (TPSA) is 75.7 Å². The number of fused-ring (bicyclic) bond motifs is 1. The molecule has 0 saturated carbocycles. The second-order valence-electron chi connectivity index (χ2n) is 5.95. The molecule has 26 heavy (non-hydrogen) atoms. The maximum absolute atomic E-state index is 13.4. The number of carbonyl (C=O) groups excluding carboxylic acids is 3. The molecular weight excluding hydrogens is 339 g/mol. The van der Waals surface area contributed by atoms with Gasteiger partial charge in [-0.3, -0.25) is 19.3 Å². The Kier molecular flexibility index (Phi) is 4.71. The highest BCUT2D eigenvalue weighted by molar-refractivity contribution is 6.11. The summed E-state index contributed by atoms with van der Waals surface area (Å²) in [6.45, 7) is 2.68. The number of benzene rings is 2. The summed E-state index contributed by atoms with van der Waals surface area (Å²) in [6, 6.07) is 10.5. The van der Waals surface area contributed by atoms with E-state index in [2.05, 4.69) is 5.32 Å². The van der Waals surface area contributed by atoms with Gasteiger partial charge < -0.3 is 10.1 Å². The first-order valence-electron chi connectivity index (χ1n) is 8.04. The lowest BCUT2D eigenvalue weighted by Crippen LogP contribution is -2.47. The number of ether oxygens (including phenoxy) is 1. The van der Waals surface area contributed by atoms with Crippen LogP contribution in [-0.2, 0) is 9.59 Å². The zero-order valence-electron chi connectivity index (χ0n) is 14.3. The molecular formula is C19H17FN2O4. The van der Waals surface area contributed by atoms with Crippen molar-refractivity contribution in [2.24, 2.45) is 0 Å². The average Bonchev–Trinajstić information content (AvgIpc) is 2.61. The lowest BCUT2D eigenvalue weighted by molar-refractivity contribution is -0.126. The van der Waals surface area contributed by atoms with Crippen molar-refractivity contribution >= 4 is 29.0 Å². The summed E-state index contributed by atoms with van der Waals surface area (Å²) >= 11 is 0. The minimum absolute atomic E-state index is 0.0569. The zero-order chi connectivity index (χ0) is 18.8. The molecule has 134 valence electrons. The Hall–Kier alpha value is -3.22. The molecule has 0 saturated heterocycles. The second kappa shape index (κ2) is 6.95. The van der Waals surface area contributed by atoms with Crippen molar-refractivity contribution in [2.45, 2.75) is 20.0 Å². The summed E-state index contributed by atoms with van der Waals surface area (Å²) in [5.41, 5.74) is 1.16. The number of amides is 2. The van der Waals surface area contributed by atoms with E-state index in [9.17, 15) is 18.8 Å². The SMILES string of the molecule is CC(=O)c1cc(F)ccc1O[C@H](C)C(=O)N1CC(=O)Nc2ccccc21. The van der Waals surface area contributed by atoms with Crippen LogP contribution in [0.3, 0.4) is 0 Å². The fourth-order valence-corrected chi connectivity index (χ4v) is 2.77. The van der Waals surface area contributed by atoms with E-state index in [-0.39, 0.29) is 29.5 Å².